The maximum Gasteiger partial charge on any atom is 0.410 e. The molecule has 2 atom stereocenters. The third kappa shape index (κ3) is 6.31. The Morgan fingerprint density at radius 2 is 1.93 bits per heavy atom. The van der Waals surface area contributed by atoms with Crippen molar-refractivity contribution in [3.8, 4) is 0 Å². The van der Waals surface area contributed by atoms with E-state index in [1.165, 1.54) is 11.1 Å². The number of nitrogens with zero attached hydrogens (tertiary/aromatic N) is 1. The number of likely N-dealkylation sites (tertiary alicyclic amines) is 1. The maximum atomic E-state index is 12.2. The number of hydrogen-bond acceptors (Lipinski definition) is 4. The summed E-state index contributed by atoms with van der Waals surface area (Å²) in [6.45, 7) is 9.49. The zero-order valence-corrected chi connectivity index (χ0v) is 18.3. The summed E-state index contributed by atoms with van der Waals surface area (Å²) in [5.74, 6) is 0.561. The third-order valence-corrected chi connectivity index (χ3v) is 5.87. The summed E-state index contributed by atoms with van der Waals surface area (Å²) in [5, 5.41) is 14.5. The Kier molecular flexibility index (Phi) is 6.69. The number of benzene rings is 1. The van der Waals surface area contributed by atoms with Gasteiger partial charge in [0.05, 0.1) is 5.60 Å². The van der Waals surface area contributed by atoms with E-state index in [1.54, 1.807) is 4.90 Å². The van der Waals surface area contributed by atoms with Crippen molar-refractivity contribution in [3.63, 3.8) is 0 Å². The van der Waals surface area contributed by atoms with Crippen LogP contribution in [0.25, 0.3) is 6.08 Å². The third-order valence-electron chi connectivity index (χ3n) is 5.87. The van der Waals surface area contributed by atoms with Crippen molar-refractivity contribution >= 4 is 12.2 Å². The summed E-state index contributed by atoms with van der Waals surface area (Å²) in [6, 6.07) is 10.9. The van der Waals surface area contributed by atoms with Gasteiger partial charge < -0.3 is 20.1 Å². The Hall–Kier alpha value is -1.85. The molecule has 29 heavy (non-hydrogen) atoms. The average Bonchev–Trinajstić information content (AvgIpc) is 3.44. The summed E-state index contributed by atoms with van der Waals surface area (Å²) in [5.41, 5.74) is 1.49. The van der Waals surface area contributed by atoms with Crippen LogP contribution >= 0.6 is 0 Å². The van der Waals surface area contributed by atoms with Gasteiger partial charge in [0, 0.05) is 25.7 Å². The number of carbonyl (C=O) groups is 1. The highest BCUT2D eigenvalue weighted by Crippen LogP contribution is 2.40. The minimum absolute atomic E-state index is 0.284. The normalized spacial score (nSPS) is 24.3. The molecule has 5 nitrogen and oxygen atoms in total. The quantitative estimate of drug-likeness (QED) is 0.751. The van der Waals surface area contributed by atoms with Gasteiger partial charge >= 0.3 is 6.09 Å². The number of aliphatic hydroxyl groups is 1. The summed E-state index contributed by atoms with van der Waals surface area (Å²) in [4.78, 5) is 13.9. The molecule has 1 aliphatic heterocycles. The van der Waals surface area contributed by atoms with Crippen molar-refractivity contribution in [1.29, 1.82) is 0 Å². The molecule has 1 aromatic rings. The second-order valence-electron chi connectivity index (χ2n) is 9.50. The highest BCUT2D eigenvalue weighted by molar-refractivity contribution is 5.68. The number of amides is 1. The summed E-state index contributed by atoms with van der Waals surface area (Å²) in [6.07, 6.45) is 5.36. The monoisotopic (exact) mass is 400 g/mol. The van der Waals surface area contributed by atoms with Crippen LogP contribution in [-0.4, -0.2) is 53.0 Å². The lowest BCUT2D eigenvalue weighted by atomic mass is 9.91. The van der Waals surface area contributed by atoms with Gasteiger partial charge in [-0.15, -0.1) is 0 Å². The molecule has 2 fully saturated rings. The molecule has 1 saturated heterocycles. The largest absolute Gasteiger partial charge is 0.444 e. The molecule has 1 saturated carbocycles. The number of piperidine rings is 1. The Labute approximate surface area is 175 Å². The predicted octanol–water partition coefficient (Wildman–Crippen LogP) is 4.22. The number of nitrogens with one attached hydrogen (secondary N) is 1. The van der Waals surface area contributed by atoms with Gasteiger partial charge in [0.2, 0.25) is 0 Å². The smallest absolute Gasteiger partial charge is 0.410 e. The first-order valence-corrected chi connectivity index (χ1v) is 10.9. The Bertz CT molecular complexity index is 715. The highest BCUT2D eigenvalue weighted by Gasteiger charge is 2.42. The fraction of sp³-hybridized carbons (Fsp3) is 0.625. The topological polar surface area (TPSA) is 61.8 Å². The van der Waals surface area contributed by atoms with Crippen molar-refractivity contribution in [2.45, 2.75) is 70.6 Å². The molecule has 0 bridgehead atoms. The zero-order chi connectivity index (χ0) is 21.1. The maximum absolute atomic E-state index is 12.2. The Morgan fingerprint density at radius 3 is 2.52 bits per heavy atom. The van der Waals surface area contributed by atoms with Gasteiger partial charge in [0.1, 0.15) is 5.60 Å². The van der Waals surface area contributed by atoms with Gasteiger partial charge in [-0.2, -0.15) is 0 Å². The molecule has 2 N–H and O–H groups in total. The van der Waals surface area contributed by atoms with Crippen LogP contribution < -0.4 is 5.32 Å². The molecule has 5 heteroatoms. The van der Waals surface area contributed by atoms with E-state index in [0.717, 1.165) is 12.8 Å². The molecule has 0 unspecified atom stereocenters. The zero-order valence-electron chi connectivity index (χ0n) is 18.3. The molecule has 1 aromatic carbocycles. The van der Waals surface area contributed by atoms with Crippen molar-refractivity contribution in [2.24, 2.45) is 5.92 Å². The van der Waals surface area contributed by atoms with Gasteiger partial charge in [-0.25, -0.2) is 4.79 Å². The van der Waals surface area contributed by atoms with Crippen LogP contribution in [0.15, 0.2) is 35.9 Å². The minimum Gasteiger partial charge on any atom is -0.444 e. The van der Waals surface area contributed by atoms with Gasteiger partial charge in [-0.3, -0.25) is 0 Å². The molecular formula is C24H36N2O3. The van der Waals surface area contributed by atoms with Crippen molar-refractivity contribution in [3.05, 3.63) is 41.5 Å². The predicted molar refractivity (Wildman–Crippen MR) is 117 cm³/mol. The molecule has 0 spiro atoms. The summed E-state index contributed by atoms with van der Waals surface area (Å²) < 4.78 is 5.44. The van der Waals surface area contributed by atoms with E-state index in [-0.39, 0.29) is 6.09 Å². The summed E-state index contributed by atoms with van der Waals surface area (Å²) in [7, 11) is 0. The van der Waals surface area contributed by atoms with Crippen molar-refractivity contribution < 1.29 is 14.6 Å². The molecule has 1 heterocycles. The van der Waals surface area contributed by atoms with Gasteiger partial charge in [0.25, 0.3) is 0 Å². The lowest BCUT2D eigenvalue weighted by Crippen LogP contribution is -2.52. The molecular weight excluding hydrogens is 364 g/mol. The van der Waals surface area contributed by atoms with Crippen molar-refractivity contribution in [2.75, 3.05) is 19.6 Å². The molecule has 2 aliphatic rings. The lowest BCUT2D eigenvalue weighted by Gasteiger charge is -2.38. The standard InChI is InChI=1S/C24H36N2O3/c1-5-19(15-18-9-7-6-8-10-18)20-16-21(20)25-17-24(28)11-13-26(14-12-24)22(27)29-23(2,3)4/h6-10,15,20-21,25,28H,5,11-14,16-17H2,1-4H3/b19-15+/t20-,21+/m0/s1. The van der Waals surface area contributed by atoms with Gasteiger partial charge in [-0.05, 0) is 57.9 Å². The fourth-order valence-corrected chi connectivity index (χ4v) is 3.99. The first-order valence-electron chi connectivity index (χ1n) is 10.9. The molecule has 160 valence electrons. The molecule has 1 amide bonds. The van der Waals surface area contributed by atoms with Crippen LogP contribution in [0.4, 0.5) is 4.79 Å². The van der Waals surface area contributed by atoms with Crippen LogP contribution in [-0.2, 0) is 4.74 Å². The van der Waals surface area contributed by atoms with Crippen LogP contribution in [0, 0.1) is 5.92 Å². The molecule has 0 radical (unpaired) electrons. The highest BCUT2D eigenvalue weighted by atomic mass is 16.6. The van der Waals surface area contributed by atoms with Crippen LogP contribution in [0.3, 0.4) is 0 Å². The first-order chi connectivity index (χ1) is 13.7. The van der Waals surface area contributed by atoms with Gasteiger partial charge in [0.15, 0.2) is 0 Å². The van der Waals surface area contributed by atoms with Gasteiger partial charge in [-0.1, -0.05) is 48.9 Å². The number of rotatable bonds is 6. The molecule has 0 aromatic heterocycles. The number of carbonyl (C=O) groups excluding carboxylic acids is 1. The summed E-state index contributed by atoms with van der Waals surface area (Å²) >= 11 is 0. The Balaban J connectivity index is 1.45. The molecule has 3 rings (SSSR count). The van der Waals surface area contributed by atoms with E-state index in [0.29, 0.717) is 44.4 Å². The fourth-order valence-electron chi connectivity index (χ4n) is 3.99. The number of ether oxygens (including phenoxy) is 1. The second-order valence-corrected chi connectivity index (χ2v) is 9.50. The lowest BCUT2D eigenvalue weighted by molar-refractivity contribution is -0.0312. The van der Waals surface area contributed by atoms with Crippen molar-refractivity contribution in [1.82, 2.24) is 10.2 Å². The van der Waals surface area contributed by atoms with E-state index in [2.05, 4.69) is 42.6 Å². The van der Waals surface area contributed by atoms with E-state index in [9.17, 15) is 9.90 Å². The van der Waals surface area contributed by atoms with E-state index >= 15 is 0 Å². The first kappa shape index (κ1) is 21.8. The average molecular weight is 401 g/mol. The second kappa shape index (κ2) is 8.88. The number of hydrogen-bond donors (Lipinski definition) is 2. The van der Waals surface area contributed by atoms with Crippen LogP contribution in [0.1, 0.15) is 58.9 Å². The van der Waals surface area contributed by atoms with Crippen LogP contribution in [0.5, 0.6) is 0 Å². The minimum atomic E-state index is -0.749. The van der Waals surface area contributed by atoms with Crippen LogP contribution in [0.2, 0.25) is 0 Å². The SMILES string of the molecule is CC/C(=C\c1ccccc1)[C@@H]1C[C@H]1NCC1(O)CCN(C(=O)OC(C)(C)C)CC1. The van der Waals surface area contributed by atoms with E-state index in [1.807, 2.05) is 26.8 Å². The molecule has 1 aliphatic carbocycles. The Morgan fingerprint density at radius 1 is 1.28 bits per heavy atom. The van der Waals surface area contributed by atoms with E-state index in [4.69, 9.17) is 4.74 Å². The van der Waals surface area contributed by atoms with E-state index < -0.39 is 11.2 Å².